The fourth-order valence-electron chi connectivity index (χ4n) is 2.05. The third-order valence-electron chi connectivity index (χ3n) is 3.48. The molecule has 0 aliphatic carbocycles. The number of anilines is 1. The number of carbonyl (C=O) groups is 1. The van der Waals surface area contributed by atoms with Gasteiger partial charge in [0, 0.05) is 10.7 Å². The van der Waals surface area contributed by atoms with E-state index >= 15 is 0 Å². The van der Waals surface area contributed by atoms with Crippen LogP contribution in [0.25, 0.3) is 6.08 Å². The van der Waals surface area contributed by atoms with Crippen molar-refractivity contribution in [1.82, 2.24) is 0 Å². The second kappa shape index (κ2) is 7.39. The van der Waals surface area contributed by atoms with E-state index in [-0.39, 0.29) is 9.92 Å². The molecule has 2 rings (SSSR count). The number of halogens is 1. The Morgan fingerprint density at radius 2 is 1.85 bits per heavy atom. The van der Waals surface area contributed by atoms with Crippen molar-refractivity contribution in [3.63, 3.8) is 0 Å². The molecule has 0 aliphatic heterocycles. The zero-order valence-corrected chi connectivity index (χ0v) is 15.8. The maximum atomic E-state index is 12.6. The Kier molecular flexibility index (Phi) is 5.63. The van der Waals surface area contributed by atoms with Gasteiger partial charge in [-0.15, -0.1) is 0 Å². The third kappa shape index (κ3) is 4.56. The van der Waals surface area contributed by atoms with Gasteiger partial charge in [-0.1, -0.05) is 30.3 Å². The lowest BCUT2D eigenvalue weighted by Gasteiger charge is -2.21. The lowest BCUT2D eigenvalue weighted by molar-refractivity contribution is -0.152. The Bertz CT molecular complexity index is 937. The minimum absolute atomic E-state index is 0.00679. The first kappa shape index (κ1) is 19.8. The molecule has 0 spiro atoms. The van der Waals surface area contributed by atoms with Gasteiger partial charge in [0.05, 0.1) is 4.90 Å². The molecule has 0 unspecified atom stereocenters. The highest BCUT2D eigenvalue weighted by molar-refractivity contribution is 7.92. The van der Waals surface area contributed by atoms with Gasteiger partial charge in [-0.2, -0.15) is 0 Å². The summed E-state index contributed by atoms with van der Waals surface area (Å²) in [6.45, 7) is 6.44. The van der Waals surface area contributed by atoms with Crippen molar-refractivity contribution in [2.24, 2.45) is 0 Å². The van der Waals surface area contributed by atoms with E-state index < -0.39 is 21.6 Å². The van der Waals surface area contributed by atoms with Gasteiger partial charge in [0.2, 0.25) is 0 Å². The van der Waals surface area contributed by atoms with Crippen LogP contribution in [0.2, 0.25) is 5.02 Å². The average molecular weight is 396 g/mol. The number of ether oxygens (including phenoxy) is 1. The number of carboxylic acid groups (broad SMARTS) is 1. The number of sulfonamides is 1. The van der Waals surface area contributed by atoms with E-state index in [0.29, 0.717) is 17.0 Å². The Labute approximate surface area is 157 Å². The van der Waals surface area contributed by atoms with Gasteiger partial charge in [-0.25, -0.2) is 13.2 Å². The fourth-order valence-corrected chi connectivity index (χ4v) is 3.59. The predicted molar refractivity (Wildman–Crippen MR) is 101 cm³/mol. The summed E-state index contributed by atoms with van der Waals surface area (Å²) in [5.41, 5.74) is -0.689. The summed E-state index contributed by atoms with van der Waals surface area (Å²) in [6, 6.07) is 10.4. The van der Waals surface area contributed by atoms with Gasteiger partial charge in [0.25, 0.3) is 10.0 Å². The molecule has 0 fully saturated rings. The molecule has 0 bridgehead atoms. The zero-order chi connectivity index (χ0) is 19.5. The molecular formula is C18H18ClNO5S. The standard InChI is InChI=1S/C18H18ClNO5S/c1-4-12-5-6-13(19)11-16(12)26(23,24)20-14-7-9-15(10-8-14)25-18(2,3)17(21)22/h4-11,20H,1H2,2-3H3,(H,21,22). The minimum Gasteiger partial charge on any atom is -0.478 e. The number of nitrogens with one attached hydrogen (secondary N) is 1. The van der Waals surface area contributed by atoms with E-state index in [9.17, 15) is 13.2 Å². The highest BCUT2D eigenvalue weighted by Crippen LogP contribution is 2.26. The summed E-state index contributed by atoms with van der Waals surface area (Å²) < 4.78 is 33.0. The summed E-state index contributed by atoms with van der Waals surface area (Å²) in [7, 11) is -3.88. The van der Waals surface area contributed by atoms with Crippen LogP contribution >= 0.6 is 11.6 Å². The number of hydrogen-bond acceptors (Lipinski definition) is 4. The fraction of sp³-hybridized carbons (Fsp3) is 0.167. The van der Waals surface area contributed by atoms with Crippen molar-refractivity contribution in [2.75, 3.05) is 4.72 Å². The van der Waals surface area contributed by atoms with E-state index in [4.69, 9.17) is 21.4 Å². The molecule has 2 N–H and O–H groups in total. The monoisotopic (exact) mass is 395 g/mol. The third-order valence-corrected chi connectivity index (χ3v) is 5.15. The van der Waals surface area contributed by atoms with Crippen molar-refractivity contribution in [3.8, 4) is 5.75 Å². The molecule has 138 valence electrons. The van der Waals surface area contributed by atoms with Crippen LogP contribution in [0.15, 0.2) is 53.9 Å². The van der Waals surface area contributed by atoms with Crippen LogP contribution in [-0.4, -0.2) is 25.1 Å². The van der Waals surface area contributed by atoms with Gasteiger partial charge < -0.3 is 9.84 Å². The molecule has 0 radical (unpaired) electrons. The van der Waals surface area contributed by atoms with Crippen molar-refractivity contribution in [3.05, 3.63) is 59.6 Å². The first-order valence-corrected chi connectivity index (χ1v) is 9.38. The van der Waals surface area contributed by atoms with Crippen LogP contribution in [0.5, 0.6) is 5.75 Å². The highest BCUT2D eigenvalue weighted by atomic mass is 35.5. The minimum atomic E-state index is -3.88. The molecule has 8 heteroatoms. The van der Waals surface area contributed by atoms with E-state index in [1.807, 2.05) is 0 Å². The average Bonchev–Trinajstić information content (AvgIpc) is 2.56. The summed E-state index contributed by atoms with van der Waals surface area (Å²) in [5, 5.41) is 9.36. The lowest BCUT2D eigenvalue weighted by Crippen LogP contribution is -2.37. The van der Waals surface area contributed by atoms with Gasteiger partial charge in [0.1, 0.15) is 5.75 Å². The normalized spacial score (nSPS) is 11.7. The molecule has 0 atom stereocenters. The quantitative estimate of drug-likeness (QED) is 0.738. The maximum Gasteiger partial charge on any atom is 0.347 e. The van der Waals surface area contributed by atoms with Gasteiger partial charge in [-0.3, -0.25) is 4.72 Å². The molecular weight excluding hydrogens is 378 g/mol. The van der Waals surface area contributed by atoms with Crippen LogP contribution in [0.1, 0.15) is 19.4 Å². The summed E-state index contributed by atoms with van der Waals surface area (Å²) in [6.07, 6.45) is 1.43. The van der Waals surface area contributed by atoms with E-state index in [2.05, 4.69) is 11.3 Å². The molecule has 0 aliphatic rings. The topological polar surface area (TPSA) is 92.7 Å². The van der Waals surface area contributed by atoms with E-state index in [0.717, 1.165) is 0 Å². The van der Waals surface area contributed by atoms with Crippen molar-refractivity contribution < 1.29 is 23.1 Å². The van der Waals surface area contributed by atoms with E-state index in [1.54, 1.807) is 12.1 Å². The first-order chi connectivity index (χ1) is 12.0. The first-order valence-electron chi connectivity index (χ1n) is 7.52. The van der Waals surface area contributed by atoms with E-state index in [1.165, 1.54) is 50.3 Å². The molecule has 2 aromatic carbocycles. The van der Waals surface area contributed by atoms with Crippen LogP contribution in [0.3, 0.4) is 0 Å². The lowest BCUT2D eigenvalue weighted by atomic mass is 10.1. The van der Waals surface area contributed by atoms with Crippen molar-refractivity contribution in [2.45, 2.75) is 24.3 Å². The highest BCUT2D eigenvalue weighted by Gasteiger charge is 2.29. The Morgan fingerprint density at radius 1 is 1.23 bits per heavy atom. The number of aliphatic carboxylic acids is 1. The number of rotatable bonds is 7. The predicted octanol–water partition coefficient (Wildman–Crippen LogP) is 4.03. The molecule has 26 heavy (non-hydrogen) atoms. The van der Waals surface area contributed by atoms with Crippen molar-refractivity contribution in [1.29, 1.82) is 0 Å². The van der Waals surface area contributed by atoms with Crippen molar-refractivity contribution >= 4 is 39.4 Å². The molecule has 0 aromatic heterocycles. The molecule has 0 amide bonds. The maximum absolute atomic E-state index is 12.6. The van der Waals surface area contributed by atoms with Crippen LogP contribution < -0.4 is 9.46 Å². The Balaban J connectivity index is 2.25. The summed E-state index contributed by atoms with van der Waals surface area (Å²) in [4.78, 5) is 11.1. The van der Waals surface area contributed by atoms with Gasteiger partial charge in [-0.05, 0) is 55.8 Å². The molecule has 2 aromatic rings. The number of hydrogen-bond donors (Lipinski definition) is 2. The Morgan fingerprint density at radius 3 is 2.38 bits per heavy atom. The summed E-state index contributed by atoms with van der Waals surface area (Å²) in [5.74, 6) is -0.810. The molecule has 0 saturated heterocycles. The largest absolute Gasteiger partial charge is 0.478 e. The molecule has 0 heterocycles. The van der Waals surface area contributed by atoms with Gasteiger partial charge in [0.15, 0.2) is 5.60 Å². The van der Waals surface area contributed by atoms with Gasteiger partial charge >= 0.3 is 5.97 Å². The SMILES string of the molecule is C=Cc1ccc(Cl)cc1S(=O)(=O)Nc1ccc(OC(C)(C)C(=O)O)cc1. The second-order valence-electron chi connectivity index (χ2n) is 5.93. The zero-order valence-electron chi connectivity index (χ0n) is 14.2. The molecule has 0 saturated carbocycles. The number of carboxylic acids is 1. The smallest absolute Gasteiger partial charge is 0.347 e. The molecule has 6 nitrogen and oxygen atoms in total. The summed E-state index contributed by atoms with van der Waals surface area (Å²) >= 11 is 5.90. The number of benzene rings is 2. The Hall–Kier alpha value is -2.51. The van der Waals surface area contributed by atoms with Crippen LogP contribution in [-0.2, 0) is 14.8 Å². The van der Waals surface area contributed by atoms with Crippen LogP contribution in [0.4, 0.5) is 5.69 Å². The van der Waals surface area contributed by atoms with Crippen LogP contribution in [0, 0.1) is 0 Å². The second-order valence-corrected chi connectivity index (χ2v) is 8.02.